The van der Waals surface area contributed by atoms with Gasteiger partial charge in [-0.3, -0.25) is 14.4 Å². The molecule has 4 rings (SSSR count). The number of carbonyl (C=O) groups is 4. The van der Waals surface area contributed by atoms with Gasteiger partial charge in [0.25, 0.3) is 17.7 Å². The van der Waals surface area contributed by atoms with Gasteiger partial charge in [0.05, 0.1) is 17.4 Å². The second-order valence-corrected chi connectivity index (χ2v) is 9.42. The van der Waals surface area contributed by atoms with Gasteiger partial charge < -0.3 is 15.4 Å². The number of benzene rings is 3. The maximum absolute atomic E-state index is 13.2. The predicted molar refractivity (Wildman–Crippen MR) is 146 cm³/mol. The number of nitrogens with zero attached hydrogens (tertiary/aromatic N) is 1. The fourth-order valence-electron chi connectivity index (χ4n) is 3.87. The quantitative estimate of drug-likeness (QED) is 0.305. The van der Waals surface area contributed by atoms with Crippen LogP contribution in [0.5, 0.6) is 0 Å². The van der Waals surface area contributed by atoms with Crippen LogP contribution < -0.4 is 15.5 Å². The summed E-state index contributed by atoms with van der Waals surface area (Å²) in [6.45, 7) is 7.25. The number of anilines is 3. The van der Waals surface area contributed by atoms with E-state index in [0.29, 0.717) is 28.2 Å². The Morgan fingerprint density at radius 3 is 2.24 bits per heavy atom. The minimum Gasteiger partial charge on any atom is -0.459 e. The molecule has 0 fully saturated rings. The molecule has 2 N–H and O–H groups in total. The SMILES string of the molecule is Cc1cccc(N2C(=O)C(Cl)=C(Nc3cccc(C(=O)Nc4ccc(C(=O)OC(C)C)cc4)c3)C2=O)c1C. The van der Waals surface area contributed by atoms with E-state index in [4.69, 9.17) is 16.3 Å². The largest absolute Gasteiger partial charge is 0.459 e. The van der Waals surface area contributed by atoms with Crippen LogP contribution in [0.25, 0.3) is 0 Å². The predicted octanol–water partition coefficient (Wildman–Crippen LogP) is 5.56. The summed E-state index contributed by atoms with van der Waals surface area (Å²) in [5.74, 6) is -2.06. The van der Waals surface area contributed by atoms with Crippen molar-refractivity contribution in [3.63, 3.8) is 0 Å². The zero-order valence-corrected chi connectivity index (χ0v) is 22.1. The summed E-state index contributed by atoms with van der Waals surface area (Å²) in [4.78, 5) is 52.0. The van der Waals surface area contributed by atoms with Crippen molar-refractivity contribution < 1.29 is 23.9 Å². The van der Waals surface area contributed by atoms with Crippen LogP contribution in [-0.4, -0.2) is 29.8 Å². The van der Waals surface area contributed by atoms with E-state index in [9.17, 15) is 19.2 Å². The van der Waals surface area contributed by atoms with Gasteiger partial charge in [-0.1, -0.05) is 29.8 Å². The molecular formula is C29H26ClN3O5. The van der Waals surface area contributed by atoms with Gasteiger partial charge in [-0.15, -0.1) is 0 Å². The molecule has 0 spiro atoms. The lowest BCUT2D eigenvalue weighted by molar-refractivity contribution is -0.120. The molecule has 0 aliphatic carbocycles. The van der Waals surface area contributed by atoms with Gasteiger partial charge in [0.15, 0.2) is 0 Å². The Balaban J connectivity index is 1.48. The molecule has 38 heavy (non-hydrogen) atoms. The van der Waals surface area contributed by atoms with Gasteiger partial charge in [-0.25, -0.2) is 9.69 Å². The zero-order chi connectivity index (χ0) is 27.6. The summed E-state index contributed by atoms with van der Waals surface area (Å²) in [6, 6.07) is 18.1. The Morgan fingerprint density at radius 1 is 0.868 bits per heavy atom. The summed E-state index contributed by atoms with van der Waals surface area (Å²) in [7, 11) is 0. The van der Waals surface area contributed by atoms with E-state index in [1.54, 1.807) is 74.5 Å². The minimum atomic E-state index is -0.623. The molecule has 3 aromatic rings. The average molecular weight is 532 g/mol. The van der Waals surface area contributed by atoms with Crippen LogP contribution in [0.15, 0.2) is 77.5 Å². The van der Waals surface area contributed by atoms with E-state index in [1.165, 1.54) is 0 Å². The molecule has 8 nitrogen and oxygen atoms in total. The lowest BCUT2D eigenvalue weighted by atomic mass is 10.1. The van der Waals surface area contributed by atoms with Crippen molar-refractivity contribution in [3.05, 3.63) is 99.7 Å². The van der Waals surface area contributed by atoms with Crippen molar-refractivity contribution >= 4 is 52.4 Å². The van der Waals surface area contributed by atoms with Crippen LogP contribution in [0.4, 0.5) is 17.1 Å². The van der Waals surface area contributed by atoms with Gasteiger partial charge in [-0.05, 0) is 87.4 Å². The second-order valence-electron chi connectivity index (χ2n) is 9.05. The molecule has 194 valence electrons. The zero-order valence-electron chi connectivity index (χ0n) is 21.3. The van der Waals surface area contributed by atoms with Crippen LogP contribution in [0.3, 0.4) is 0 Å². The standard InChI is InChI=1S/C29H26ClN3O5/c1-16(2)38-29(37)19-11-13-21(14-12-19)32-26(34)20-8-6-9-22(15-20)31-25-24(30)27(35)33(28(25)36)23-10-5-7-17(3)18(23)4/h5-16,31H,1-4H3,(H,32,34). The Labute approximate surface area is 225 Å². The summed E-state index contributed by atoms with van der Waals surface area (Å²) >= 11 is 6.28. The van der Waals surface area contributed by atoms with Crippen LogP contribution in [0.2, 0.25) is 0 Å². The fourth-order valence-corrected chi connectivity index (χ4v) is 4.08. The number of ether oxygens (including phenoxy) is 1. The average Bonchev–Trinajstić information content (AvgIpc) is 3.09. The Hall–Kier alpha value is -4.43. The van der Waals surface area contributed by atoms with Gasteiger partial charge in [0, 0.05) is 16.9 Å². The van der Waals surface area contributed by atoms with Gasteiger partial charge in [0.1, 0.15) is 10.7 Å². The van der Waals surface area contributed by atoms with Crippen molar-refractivity contribution in [1.82, 2.24) is 0 Å². The van der Waals surface area contributed by atoms with Crippen molar-refractivity contribution in [1.29, 1.82) is 0 Å². The molecule has 0 aromatic heterocycles. The van der Waals surface area contributed by atoms with E-state index in [-0.39, 0.29) is 16.8 Å². The van der Waals surface area contributed by atoms with Crippen LogP contribution in [0, 0.1) is 13.8 Å². The number of nitrogens with one attached hydrogen (secondary N) is 2. The summed E-state index contributed by atoms with van der Waals surface area (Å²) < 4.78 is 5.16. The van der Waals surface area contributed by atoms with Gasteiger partial charge >= 0.3 is 5.97 Å². The maximum Gasteiger partial charge on any atom is 0.338 e. The number of aryl methyl sites for hydroxylation is 1. The highest BCUT2D eigenvalue weighted by atomic mass is 35.5. The first-order chi connectivity index (χ1) is 18.1. The Bertz CT molecular complexity index is 1480. The number of rotatable bonds is 7. The third-order valence-corrected chi connectivity index (χ3v) is 6.31. The third-order valence-electron chi connectivity index (χ3n) is 5.96. The number of amides is 3. The number of esters is 1. The molecule has 1 aliphatic heterocycles. The normalized spacial score (nSPS) is 13.3. The third kappa shape index (κ3) is 5.45. The van der Waals surface area contributed by atoms with Crippen LogP contribution in [0.1, 0.15) is 45.7 Å². The topological polar surface area (TPSA) is 105 Å². The van der Waals surface area contributed by atoms with Crippen LogP contribution >= 0.6 is 11.6 Å². The van der Waals surface area contributed by atoms with Crippen molar-refractivity contribution in [3.8, 4) is 0 Å². The van der Waals surface area contributed by atoms with Crippen molar-refractivity contribution in [2.24, 2.45) is 0 Å². The molecule has 0 unspecified atom stereocenters. The van der Waals surface area contributed by atoms with E-state index in [0.717, 1.165) is 16.0 Å². The molecule has 3 aromatic carbocycles. The molecular weight excluding hydrogens is 506 g/mol. The minimum absolute atomic E-state index is 0.0704. The molecule has 1 heterocycles. The highest BCUT2D eigenvalue weighted by Gasteiger charge is 2.39. The first kappa shape index (κ1) is 26.6. The molecule has 0 atom stereocenters. The highest BCUT2D eigenvalue weighted by Crippen LogP contribution is 2.33. The number of halogens is 1. The first-order valence-corrected chi connectivity index (χ1v) is 12.3. The van der Waals surface area contributed by atoms with Crippen molar-refractivity contribution in [2.75, 3.05) is 15.5 Å². The monoisotopic (exact) mass is 531 g/mol. The molecule has 0 bridgehead atoms. The fraction of sp³-hybridized carbons (Fsp3) is 0.172. The van der Waals surface area contributed by atoms with Gasteiger partial charge in [0.2, 0.25) is 0 Å². The molecule has 1 aliphatic rings. The second kappa shape index (κ2) is 10.9. The summed E-state index contributed by atoms with van der Waals surface area (Å²) in [5.41, 5.74) is 3.69. The smallest absolute Gasteiger partial charge is 0.338 e. The molecule has 3 amide bonds. The van der Waals surface area contributed by atoms with Crippen LogP contribution in [-0.2, 0) is 14.3 Å². The number of imide groups is 1. The summed E-state index contributed by atoms with van der Waals surface area (Å²) in [5, 5.41) is 5.43. The number of hydrogen-bond donors (Lipinski definition) is 2. The van der Waals surface area contributed by atoms with E-state index in [2.05, 4.69) is 10.6 Å². The summed E-state index contributed by atoms with van der Waals surface area (Å²) in [6.07, 6.45) is -0.235. The maximum atomic E-state index is 13.2. The molecule has 0 saturated carbocycles. The van der Waals surface area contributed by atoms with E-state index < -0.39 is 23.7 Å². The molecule has 9 heteroatoms. The number of carbonyl (C=O) groups excluding carboxylic acids is 4. The van der Waals surface area contributed by atoms with E-state index in [1.807, 2.05) is 19.9 Å². The highest BCUT2D eigenvalue weighted by molar-refractivity contribution is 6.53. The molecule has 0 radical (unpaired) electrons. The number of hydrogen-bond acceptors (Lipinski definition) is 6. The van der Waals surface area contributed by atoms with Crippen molar-refractivity contribution in [2.45, 2.75) is 33.8 Å². The Morgan fingerprint density at radius 2 is 1.55 bits per heavy atom. The molecule has 0 saturated heterocycles. The lowest BCUT2D eigenvalue weighted by Gasteiger charge is -2.18. The van der Waals surface area contributed by atoms with E-state index >= 15 is 0 Å². The lowest BCUT2D eigenvalue weighted by Crippen LogP contribution is -2.33. The van der Waals surface area contributed by atoms with Gasteiger partial charge in [-0.2, -0.15) is 0 Å². The Kier molecular flexibility index (Phi) is 7.64. The first-order valence-electron chi connectivity index (χ1n) is 11.9.